The summed E-state index contributed by atoms with van der Waals surface area (Å²) in [5.74, 6) is -0.461. The summed E-state index contributed by atoms with van der Waals surface area (Å²) in [6.07, 6.45) is 1.97. The maximum absolute atomic E-state index is 13.2. The van der Waals surface area contributed by atoms with Crippen molar-refractivity contribution in [2.24, 2.45) is 0 Å². The molecule has 114 valence electrons. The van der Waals surface area contributed by atoms with Crippen molar-refractivity contribution in [2.75, 3.05) is 12.4 Å². The summed E-state index contributed by atoms with van der Waals surface area (Å²) in [6, 6.07) is 8.38. The molecule has 0 atom stereocenters. The quantitative estimate of drug-likeness (QED) is 0.621. The lowest BCUT2D eigenvalue weighted by Gasteiger charge is -2.11. The van der Waals surface area contributed by atoms with Crippen molar-refractivity contribution in [3.63, 3.8) is 0 Å². The van der Waals surface area contributed by atoms with E-state index < -0.39 is 5.82 Å². The van der Waals surface area contributed by atoms with Crippen LogP contribution in [0.2, 0.25) is 10.0 Å². The zero-order valence-electron chi connectivity index (χ0n) is 11.8. The first-order valence-corrected chi connectivity index (χ1v) is 7.50. The van der Waals surface area contributed by atoms with Crippen LogP contribution < -0.4 is 10.6 Å². The first kappa shape index (κ1) is 15.2. The van der Waals surface area contributed by atoms with Crippen LogP contribution in [0.15, 0.2) is 36.5 Å². The Bertz CT molecular complexity index is 806. The Kier molecular flexibility index (Phi) is 4.25. The highest BCUT2D eigenvalue weighted by molar-refractivity contribution is 6.39. The van der Waals surface area contributed by atoms with Crippen LogP contribution in [0.4, 0.5) is 15.8 Å². The molecule has 2 aromatic carbocycles. The monoisotopic (exact) mass is 337 g/mol. The molecular weight excluding hydrogens is 324 g/mol. The summed E-state index contributed by atoms with van der Waals surface area (Å²) in [5, 5.41) is 7.90. The van der Waals surface area contributed by atoms with Gasteiger partial charge in [0, 0.05) is 29.3 Å². The lowest BCUT2D eigenvalue weighted by Crippen LogP contribution is -2.03. The maximum atomic E-state index is 13.2. The average molecular weight is 338 g/mol. The summed E-state index contributed by atoms with van der Waals surface area (Å²) in [7, 11) is 1.91. The van der Waals surface area contributed by atoms with Gasteiger partial charge < -0.3 is 15.6 Å². The Morgan fingerprint density at radius 3 is 2.55 bits per heavy atom. The average Bonchev–Trinajstić information content (AvgIpc) is 2.86. The van der Waals surface area contributed by atoms with Gasteiger partial charge in [-0.1, -0.05) is 29.3 Å². The highest BCUT2D eigenvalue weighted by Gasteiger charge is 2.10. The first-order chi connectivity index (χ1) is 10.6. The number of nitrogens with one attached hydrogen (secondary N) is 3. The Morgan fingerprint density at radius 2 is 1.86 bits per heavy atom. The molecule has 0 aliphatic carbocycles. The molecule has 22 heavy (non-hydrogen) atoms. The normalized spacial score (nSPS) is 11.1. The number of fused-ring (bicyclic) bond motifs is 1. The Labute approximate surface area is 137 Å². The number of benzene rings is 2. The molecule has 0 aliphatic heterocycles. The van der Waals surface area contributed by atoms with Gasteiger partial charge in [0.15, 0.2) is 0 Å². The zero-order chi connectivity index (χ0) is 15.7. The predicted molar refractivity (Wildman–Crippen MR) is 90.8 cm³/mol. The van der Waals surface area contributed by atoms with Crippen molar-refractivity contribution in [3.05, 3.63) is 58.0 Å². The molecular formula is C16H14Cl2FN3. The summed E-state index contributed by atoms with van der Waals surface area (Å²) >= 11 is 12.1. The van der Waals surface area contributed by atoms with Crippen molar-refractivity contribution in [1.29, 1.82) is 0 Å². The van der Waals surface area contributed by atoms with Gasteiger partial charge in [-0.2, -0.15) is 0 Å². The van der Waals surface area contributed by atoms with E-state index in [-0.39, 0.29) is 10.0 Å². The lowest BCUT2D eigenvalue weighted by molar-refractivity contribution is 0.628. The Hall–Kier alpha value is -1.75. The van der Waals surface area contributed by atoms with Crippen LogP contribution in [-0.4, -0.2) is 12.0 Å². The molecule has 3 nitrogen and oxygen atoms in total. The number of rotatable bonds is 4. The molecule has 3 N–H and O–H groups in total. The molecule has 0 saturated heterocycles. The number of anilines is 2. The molecule has 3 aromatic rings. The number of halogens is 3. The molecule has 0 aliphatic rings. The van der Waals surface area contributed by atoms with Gasteiger partial charge in [0.05, 0.1) is 15.7 Å². The topological polar surface area (TPSA) is 39.9 Å². The molecule has 1 heterocycles. The van der Waals surface area contributed by atoms with E-state index in [9.17, 15) is 4.39 Å². The van der Waals surface area contributed by atoms with Gasteiger partial charge >= 0.3 is 0 Å². The number of hydrogen-bond acceptors (Lipinski definition) is 2. The SMILES string of the molecule is CNCc1c[nH]c2cc(Nc3c(Cl)cc(F)cc3Cl)ccc12. The number of aromatic nitrogens is 1. The van der Waals surface area contributed by atoms with Crippen LogP contribution in [0.3, 0.4) is 0 Å². The van der Waals surface area contributed by atoms with Gasteiger partial charge in [-0.05, 0) is 36.9 Å². The molecule has 3 rings (SSSR count). The fourth-order valence-electron chi connectivity index (χ4n) is 2.41. The van der Waals surface area contributed by atoms with Crippen LogP contribution in [0.5, 0.6) is 0 Å². The van der Waals surface area contributed by atoms with E-state index in [0.717, 1.165) is 23.1 Å². The molecule has 0 bridgehead atoms. The molecule has 1 aromatic heterocycles. The number of H-pyrrole nitrogens is 1. The van der Waals surface area contributed by atoms with E-state index in [0.29, 0.717) is 5.69 Å². The summed E-state index contributed by atoms with van der Waals surface area (Å²) < 4.78 is 13.2. The second-order valence-electron chi connectivity index (χ2n) is 4.97. The van der Waals surface area contributed by atoms with E-state index in [1.165, 1.54) is 17.7 Å². The number of hydrogen-bond donors (Lipinski definition) is 3. The fourth-order valence-corrected chi connectivity index (χ4v) is 2.96. The fraction of sp³-hybridized carbons (Fsp3) is 0.125. The zero-order valence-corrected chi connectivity index (χ0v) is 13.3. The van der Waals surface area contributed by atoms with E-state index in [4.69, 9.17) is 23.2 Å². The Morgan fingerprint density at radius 1 is 1.14 bits per heavy atom. The largest absolute Gasteiger partial charge is 0.361 e. The van der Waals surface area contributed by atoms with Gasteiger partial charge in [-0.3, -0.25) is 0 Å². The minimum absolute atomic E-state index is 0.243. The van der Waals surface area contributed by atoms with Crippen molar-refractivity contribution >= 4 is 45.5 Å². The van der Waals surface area contributed by atoms with Crippen molar-refractivity contribution in [1.82, 2.24) is 10.3 Å². The van der Waals surface area contributed by atoms with Crippen LogP contribution in [-0.2, 0) is 6.54 Å². The molecule has 0 fully saturated rings. The smallest absolute Gasteiger partial charge is 0.126 e. The Balaban J connectivity index is 1.95. The van der Waals surface area contributed by atoms with E-state index in [1.54, 1.807) is 0 Å². The lowest BCUT2D eigenvalue weighted by atomic mass is 10.1. The molecule has 0 spiro atoms. The predicted octanol–water partition coefficient (Wildman–Crippen LogP) is 5.08. The second-order valence-corrected chi connectivity index (χ2v) is 5.79. The summed E-state index contributed by atoms with van der Waals surface area (Å²) in [4.78, 5) is 3.23. The van der Waals surface area contributed by atoms with E-state index in [1.807, 2.05) is 31.4 Å². The highest BCUT2D eigenvalue weighted by atomic mass is 35.5. The van der Waals surface area contributed by atoms with E-state index >= 15 is 0 Å². The highest BCUT2D eigenvalue weighted by Crippen LogP contribution is 2.34. The van der Waals surface area contributed by atoms with Gasteiger partial charge in [0.25, 0.3) is 0 Å². The number of aromatic amines is 1. The minimum atomic E-state index is -0.461. The van der Waals surface area contributed by atoms with E-state index in [2.05, 4.69) is 15.6 Å². The third-order valence-corrected chi connectivity index (χ3v) is 4.01. The maximum Gasteiger partial charge on any atom is 0.126 e. The van der Waals surface area contributed by atoms with Crippen LogP contribution >= 0.6 is 23.2 Å². The molecule has 0 unspecified atom stereocenters. The van der Waals surface area contributed by atoms with Gasteiger partial charge in [0.1, 0.15) is 5.82 Å². The first-order valence-electron chi connectivity index (χ1n) is 6.74. The molecule has 0 saturated carbocycles. The molecule has 6 heteroatoms. The second kappa shape index (κ2) is 6.16. The van der Waals surface area contributed by atoms with Crippen molar-refractivity contribution in [3.8, 4) is 0 Å². The van der Waals surface area contributed by atoms with Gasteiger partial charge in [-0.15, -0.1) is 0 Å². The van der Waals surface area contributed by atoms with Crippen LogP contribution in [0.25, 0.3) is 10.9 Å². The third kappa shape index (κ3) is 2.90. The molecule has 0 amide bonds. The molecule has 0 radical (unpaired) electrons. The standard InChI is InChI=1S/C16H14Cl2FN3/c1-20-7-9-8-21-15-6-11(2-3-12(9)15)22-16-13(17)4-10(19)5-14(16)18/h2-6,8,20-22H,7H2,1H3. The summed E-state index contributed by atoms with van der Waals surface area (Å²) in [6.45, 7) is 0.794. The van der Waals surface area contributed by atoms with Crippen LogP contribution in [0.1, 0.15) is 5.56 Å². The van der Waals surface area contributed by atoms with Crippen LogP contribution in [0, 0.1) is 5.82 Å². The van der Waals surface area contributed by atoms with Gasteiger partial charge in [0.2, 0.25) is 0 Å². The minimum Gasteiger partial charge on any atom is -0.361 e. The van der Waals surface area contributed by atoms with Gasteiger partial charge in [-0.25, -0.2) is 4.39 Å². The van der Waals surface area contributed by atoms with Crippen molar-refractivity contribution < 1.29 is 4.39 Å². The summed E-state index contributed by atoms with van der Waals surface area (Å²) in [5.41, 5.74) is 3.51. The van der Waals surface area contributed by atoms with Crippen molar-refractivity contribution in [2.45, 2.75) is 6.54 Å². The third-order valence-electron chi connectivity index (χ3n) is 3.41.